The molecule has 0 heterocycles. The lowest BCUT2D eigenvalue weighted by atomic mass is 10.3. The molecular weight excluding hydrogens is 216 g/mol. The average Bonchev–Trinajstić information content (AvgIpc) is 2.26. The second kappa shape index (κ2) is 5.11. The maximum atomic E-state index is 11.7. The molecule has 0 aliphatic carbocycles. The average molecular weight is 230 g/mol. The Morgan fingerprint density at radius 1 is 1.40 bits per heavy atom. The van der Waals surface area contributed by atoms with Crippen LogP contribution in [0.2, 0.25) is 0 Å². The van der Waals surface area contributed by atoms with Gasteiger partial charge in [-0.2, -0.15) is 0 Å². The first-order valence-corrected chi connectivity index (χ1v) is 5.93. The number of methoxy groups -OCH3 is 1. The summed E-state index contributed by atoms with van der Waals surface area (Å²) in [7, 11) is -2.09. The quantitative estimate of drug-likeness (QED) is 0.742. The molecule has 5 nitrogen and oxygen atoms in total. The molecule has 0 unspecified atom stereocenters. The van der Waals surface area contributed by atoms with Crippen molar-refractivity contribution in [1.29, 1.82) is 0 Å². The van der Waals surface area contributed by atoms with Crippen LogP contribution in [-0.2, 0) is 10.0 Å². The van der Waals surface area contributed by atoms with Crippen molar-refractivity contribution in [2.45, 2.75) is 4.90 Å². The summed E-state index contributed by atoms with van der Waals surface area (Å²) >= 11 is 0. The van der Waals surface area contributed by atoms with Gasteiger partial charge >= 0.3 is 0 Å². The van der Waals surface area contributed by atoms with Crippen LogP contribution in [0.4, 0.5) is 0 Å². The first-order chi connectivity index (χ1) is 7.11. The van der Waals surface area contributed by atoms with E-state index in [1.165, 1.54) is 13.2 Å². The van der Waals surface area contributed by atoms with Gasteiger partial charge in [0.1, 0.15) is 10.6 Å². The van der Waals surface area contributed by atoms with E-state index >= 15 is 0 Å². The molecule has 0 atom stereocenters. The van der Waals surface area contributed by atoms with Crippen LogP contribution in [0.5, 0.6) is 5.75 Å². The number of benzene rings is 1. The molecule has 0 aromatic heterocycles. The normalized spacial score (nSPS) is 11.3. The molecule has 0 aliphatic rings. The summed E-state index contributed by atoms with van der Waals surface area (Å²) in [6.45, 7) is 0.467. The molecule has 0 radical (unpaired) electrons. The summed E-state index contributed by atoms with van der Waals surface area (Å²) in [5.41, 5.74) is 5.23. The number of sulfonamides is 1. The smallest absolute Gasteiger partial charge is 0.244 e. The molecule has 0 amide bonds. The highest BCUT2D eigenvalue weighted by Crippen LogP contribution is 2.21. The largest absolute Gasteiger partial charge is 0.495 e. The van der Waals surface area contributed by atoms with Gasteiger partial charge in [0.25, 0.3) is 0 Å². The Balaban J connectivity index is 3.04. The molecule has 0 saturated heterocycles. The van der Waals surface area contributed by atoms with E-state index < -0.39 is 10.0 Å². The zero-order valence-electron chi connectivity index (χ0n) is 8.43. The molecule has 1 aromatic rings. The summed E-state index contributed by atoms with van der Waals surface area (Å²) < 4.78 is 30.8. The summed E-state index contributed by atoms with van der Waals surface area (Å²) in [6.07, 6.45) is 0. The SMILES string of the molecule is COc1ccccc1S(=O)(=O)NCCN. The number of nitrogens with two attached hydrogens (primary N) is 1. The lowest BCUT2D eigenvalue weighted by molar-refractivity contribution is 0.402. The Bertz CT molecular complexity index is 417. The number of nitrogens with one attached hydrogen (secondary N) is 1. The van der Waals surface area contributed by atoms with Crippen LogP contribution in [0.25, 0.3) is 0 Å². The molecule has 1 aromatic carbocycles. The van der Waals surface area contributed by atoms with E-state index in [0.29, 0.717) is 5.75 Å². The van der Waals surface area contributed by atoms with Gasteiger partial charge < -0.3 is 10.5 Å². The van der Waals surface area contributed by atoms with Gasteiger partial charge in [-0.1, -0.05) is 12.1 Å². The van der Waals surface area contributed by atoms with Crippen molar-refractivity contribution in [3.63, 3.8) is 0 Å². The standard InChI is InChI=1S/C9H14N2O3S/c1-14-8-4-2-3-5-9(8)15(12,13)11-7-6-10/h2-5,11H,6-7,10H2,1H3. The van der Waals surface area contributed by atoms with Gasteiger partial charge in [-0.25, -0.2) is 13.1 Å². The van der Waals surface area contributed by atoms with Crippen molar-refractivity contribution in [2.75, 3.05) is 20.2 Å². The van der Waals surface area contributed by atoms with Crippen LogP contribution in [-0.4, -0.2) is 28.6 Å². The van der Waals surface area contributed by atoms with E-state index in [1.54, 1.807) is 18.2 Å². The van der Waals surface area contributed by atoms with E-state index in [4.69, 9.17) is 10.5 Å². The number of para-hydroxylation sites is 1. The lowest BCUT2D eigenvalue weighted by Gasteiger charge is -2.09. The fourth-order valence-corrected chi connectivity index (χ4v) is 2.33. The monoisotopic (exact) mass is 230 g/mol. The molecule has 0 spiro atoms. The van der Waals surface area contributed by atoms with Crippen molar-refractivity contribution in [3.05, 3.63) is 24.3 Å². The summed E-state index contributed by atoms with van der Waals surface area (Å²) in [5.74, 6) is 0.321. The number of ether oxygens (including phenoxy) is 1. The zero-order chi connectivity index (χ0) is 11.3. The van der Waals surface area contributed by atoms with Crippen molar-refractivity contribution in [1.82, 2.24) is 4.72 Å². The minimum Gasteiger partial charge on any atom is -0.495 e. The molecule has 0 aliphatic heterocycles. The Morgan fingerprint density at radius 2 is 2.07 bits per heavy atom. The molecule has 84 valence electrons. The van der Waals surface area contributed by atoms with Gasteiger partial charge in [0.2, 0.25) is 10.0 Å². The Hall–Kier alpha value is -1.11. The molecule has 0 bridgehead atoms. The maximum absolute atomic E-state index is 11.7. The van der Waals surface area contributed by atoms with Gasteiger partial charge in [0, 0.05) is 13.1 Å². The zero-order valence-corrected chi connectivity index (χ0v) is 9.25. The third-order valence-corrected chi connectivity index (χ3v) is 3.30. The highest BCUT2D eigenvalue weighted by molar-refractivity contribution is 7.89. The minimum atomic E-state index is -3.52. The van der Waals surface area contributed by atoms with Crippen molar-refractivity contribution >= 4 is 10.0 Å². The third-order valence-electron chi connectivity index (χ3n) is 1.80. The predicted octanol–water partition coefficient (Wildman–Crippen LogP) is -0.0678. The first-order valence-electron chi connectivity index (χ1n) is 4.44. The topological polar surface area (TPSA) is 81.4 Å². The molecular formula is C9H14N2O3S. The molecule has 1 rings (SSSR count). The number of rotatable bonds is 5. The Labute approximate surface area is 89.3 Å². The molecule has 0 fully saturated rings. The predicted molar refractivity (Wildman–Crippen MR) is 57.2 cm³/mol. The van der Waals surface area contributed by atoms with Gasteiger partial charge in [-0.15, -0.1) is 0 Å². The van der Waals surface area contributed by atoms with Crippen LogP contribution in [0.3, 0.4) is 0 Å². The lowest BCUT2D eigenvalue weighted by Crippen LogP contribution is -2.29. The van der Waals surface area contributed by atoms with E-state index in [-0.39, 0.29) is 18.0 Å². The number of hydrogen-bond donors (Lipinski definition) is 2. The molecule has 3 N–H and O–H groups in total. The van der Waals surface area contributed by atoms with Crippen LogP contribution in [0, 0.1) is 0 Å². The van der Waals surface area contributed by atoms with Gasteiger partial charge in [0.15, 0.2) is 0 Å². The van der Waals surface area contributed by atoms with Crippen molar-refractivity contribution in [2.24, 2.45) is 5.73 Å². The second-order valence-electron chi connectivity index (χ2n) is 2.84. The van der Waals surface area contributed by atoms with E-state index in [0.717, 1.165) is 0 Å². The highest BCUT2D eigenvalue weighted by Gasteiger charge is 2.17. The van der Waals surface area contributed by atoms with Crippen LogP contribution >= 0.6 is 0 Å². The van der Waals surface area contributed by atoms with Gasteiger partial charge in [-0.05, 0) is 12.1 Å². The Morgan fingerprint density at radius 3 is 2.67 bits per heavy atom. The fourth-order valence-electron chi connectivity index (χ4n) is 1.11. The first kappa shape index (κ1) is 12.0. The van der Waals surface area contributed by atoms with Crippen LogP contribution in [0.1, 0.15) is 0 Å². The van der Waals surface area contributed by atoms with E-state index in [2.05, 4.69) is 4.72 Å². The van der Waals surface area contributed by atoms with Crippen molar-refractivity contribution in [3.8, 4) is 5.75 Å². The van der Waals surface area contributed by atoms with Crippen LogP contribution in [0.15, 0.2) is 29.2 Å². The van der Waals surface area contributed by atoms with Gasteiger partial charge in [-0.3, -0.25) is 0 Å². The molecule has 15 heavy (non-hydrogen) atoms. The van der Waals surface area contributed by atoms with Crippen molar-refractivity contribution < 1.29 is 13.2 Å². The molecule has 6 heteroatoms. The maximum Gasteiger partial charge on any atom is 0.244 e. The summed E-state index contributed by atoms with van der Waals surface area (Å²) in [5, 5.41) is 0. The van der Waals surface area contributed by atoms with Gasteiger partial charge in [0.05, 0.1) is 7.11 Å². The minimum absolute atomic E-state index is 0.126. The fraction of sp³-hybridized carbons (Fsp3) is 0.333. The van der Waals surface area contributed by atoms with E-state index in [1.807, 2.05) is 0 Å². The highest BCUT2D eigenvalue weighted by atomic mass is 32.2. The van der Waals surface area contributed by atoms with Crippen LogP contribution < -0.4 is 15.2 Å². The molecule has 0 saturated carbocycles. The summed E-state index contributed by atoms with van der Waals surface area (Å²) in [4.78, 5) is 0.126. The van der Waals surface area contributed by atoms with E-state index in [9.17, 15) is 8.42 Å². The second-order valence-corrected chi connectivity index (χ2v) is 4.57. The Kier molecular flexibility index (Phi) is 4.07. The number of hydrogen-bond acceptors (Lipinski definition) is 4. The summed E-state index contributed by atoms with van der Waals surface area (Å²) in [6, 6.07) is 6.43. The third kappa shape index (κ3) is 2.92.